The molecular formula is C24H25N7O. The van der Waals surface area contributed by atoms with Crippen LogP contribution in [0.4, 0.5) is 5.95 Å². The van der Waals surface area contributed by atoms with Crippen molar-refractivity contribution in [1.82, 2.24) is 25.0 Å². The fourth-order valence-corrected chi connectivity index (χ4v) is 4.22. The number of nitrogens with zero attached hydrogens (tertiary/aromatic N) is 6. The van der Waals surface area contributed by atoms with Gasteiger partial charge < -0.3 is 10.6 Å². The van der Waals surface area contributed by atoms with E-state index >= 15 is 0 Å². The molecule has 8 heteroatoms. The third-order valence-electron chi connectivity index (χ3n) is 6.17. The first-order valence-corrected chi connectivity index (χ1v) is 10.9. The summed E-state index contributed by atoms with van der Waals surface area (Å²) in [6.07, 6.45) is 6.71. The summed E-state index contributed by atoms with van der Waals surface area (Å²) < 4.78 is 2.05. The highest BCUT2D eigenvalue weighted by Crippen LogP contribution is 2.29. The van der Waals surface area contributed by atoms with Crippen molar-refractivity contribution in [2.24, 2.45) is 5.73 Å². The topological polar surface area (TPSA) is 103 Å². The van der Waals surface area contributed by atoms with Crippen LogP contribution < -0.4 is 10.6 Å². The Labute approximate surface area is 186 Å². The number of amides is 1. The van der Waals surface area contributed by atoms with Gasteiger partial charge in [0.2, 0.25) is 11.9 Å². The van der Waals surface area contributed by atoms with E-state index in [4.69, 9.17) is 5.73 Å². The molecular weight excluding hydrogens is 402 g/mol. The molecule has 1 amide bonds. The molecule has 0 bridgehead atoms. The SMILES string of the molecule is CCc1cnc(N2CCC(n3nnc4cc(-c5ccc(C(N)=O)cc5)ccc43)CC2)nc1. The number of fused-ring (bicyclic) bond motifs is 1. The van der Waals surface area contributed by atoms with Gasteiger partial charge in [-0.15, -0.1) is 5.10 Å². The number of aromatic nitrogens is 5. The number of carbonyl (C=O) groups is 1. The zero-order valence-electron chi connectivity index (χ0n) is 18.0. The van der Waals surface area contributed by atoms with Crippen LogP contribution in [0.1, 0.15) is 41.7 Å². The summed E-state index contributed by atoms with van der Waals surface area (Å²) in [7, 11) is 0. The third kappa shape index (κ3) is 3.79. The van der Waals surface area contributed by atoms with Crippen molar-refractivity contribution in [3.8, 4) is 11.1 Å². The van der Waals surface area contributed by atoms with Gasteiger partial charge in [-0.2, -0.15) is 0 Å². The zero-order valence-corrected chi connectivity index (χ0v) is 18.0. The van der Waals surface area contributed by atoms with Crippen LogP contribution in [-0.2, 0) is 6.42 Å². The molecule has 1 aliphatic rings. The van der Waals surface area contributed by atoms with Crippen molar-refractivity contribution in [3.05, 3.63) is 66.0 Å². The average Bonchev–Trinajstić information content (AvgIpc) is 3.27. The Hall–Kier alpha value is -3.81. The van der Waals surface area contributed by atoms with Gasteiger partial charge in [-0.25, -0.2) is 14.6 Å². The van der Waals surface area contributed by atoms with E-state index in [0.717, 1.165) is 66.0 Å². The van der Waals surface area contributed by atoms with Crippen LogP contribution in [0.5, 0.6) is 0 Å². The minimum Gasteiger partial charge on any atom is -0.366 e. The van der Waals surface area contributed by atoms with Crippen molar-refractivity contribution in [1.29, 1.82) is 0 Å². The lowest BCUT2D eigenvalue weighted by Crippen LogP contribution is -2.36. The molecule has 2 N–H and O–H groups in total. The summed E-state index contributed by atoms with van der Waals surface area (Å²) in [5.74, 6) is 0.377. The highest BCUT2D eigenvalue weighted by molar-refractivity contribution is 5.93. The Bertz CT molecular complexity index is 1240. The number of hydrogen-bond acceptors (Lipinski definition) is 6. The number of anilines is 1. The van der Waals surface area contributed by atoms with Gasteiger partial charge in [-0.1, -0.05) is 30.3 Å². The molecule has 4 aromatic rings. The molecule has 32 heavy (non-hydrogen) atoms. The molecule has 1 saturated heterocycles. The molecule has 2 aromatic carbocycles. The summed E-state index contributed by atoms with van der Waals surface area (Å²) in [5.41, 5.74) is 10.9. The second kappa shape index (κ2) is 8.37. The van der Waals surface area contributed by atoms with Gasteiger partial charge in [0.05, 0.1) is 11.6 Å². The summed E-state index contributed by atoms with van der Waals surface area (Å²) in [6, 6.07) is 13.8. The van der Waals surface area contributed by atoms with E-state index in [2.05, 4.69) is 44.2 Å². The molecule has 5 rings (SSSR count). The van der Waals surface area contributed by atoms with E-state index in [1.165, 1.54) is 0 Å². The smallest absolute Gasteiger partial charge is 0.248 e. The highest BCUT2D eigenvalue weighted by atomic mass is 16.1. The lowest BCUT2D eigenvalue weighted by Gasteiger charge is -2.32. The van der Waals surface area contributed by atoms with Gasteiger partial charge in [-0.3, -0.25) is 4.79 Å². The summed E-state index contributed by atoms with van der Waals surface area (Å²) >= 11 is 0. The Morgan fingerprint density at radius 3 is 2.38 bits per heavy atom. The summed E-state index contributed by atoms with van der Waals surface area (Å²) in [4.78, 5) is 22.6. The minimum atomic E-state index is -0.425. The van der Waals surface area contributed by atoms with Crippen molar-refractivity contribution >= 4 is 22.9 Å². The lowest BCUT2D eigenvalue weighted by molar-refractivity contribution is 0.100. The molecule has 2 aromatic heterocycles. The predicted molar refractivity (Wildman–Crippen MR) is 123 cm³/mol. The van der Waals surface area contributed by atoms with Gasteiger partial charge >= 0.3 is 0 Å². The first-order chi connectivity index (χ1) is 15.6. The molecule has 0 radical (unpaired) electrons. The van der Waals surface area contributed by atoms with Crippen LogP contribution >= 0.6 is 0 Å². The molecule has 3 heterocycles. The monoisotopic (exact) mass is 427 g/mol. The number of rotatable bonds is 5. The second-order valence-electron chi connectivity index (χ2n) is 8.14. The van der Waals surface area contributed by atoms with Gasteiger partial charge in [-0.05, 0) is 60.2 Å². The van der Waals surface area contributed by atoms with Crippen molar-refractivity contribution < 1.29 is 4.79 Å². The Balaban J connectivity index is 1.31. The average molecular weight is 428 g/mol. The molecule has 0 atom stereocenters. The van der Waals surface area contributed by atoms with Crippen LogP contribution in [0, 0.1) is 0 Å². The first-order valence-electron chi connectivity index (χ1n) is 10.9. The number of hydrogen-bond donors (Lipinski definition) is 1. The van der Waals surface area contributed by atoms with Crippen molar-refractivity contribution in [2.75, 3.05) is 18.0 Å². The van der Waals surface area contributed by atoms with E-state index in [9.17, 15) is 4.79 Å². The Kier molecular flexibility index (Phi) is 5.26. The van der Waals surface area contributed by atoms with Gasteiger partial charge in [0.15, 0.2) is 0 Å². The molecule has 162 valence electrons. The van der Waals surface area contributed by atoms with Gasteiger partial charge in [0, 0.05) is 31.0 Å². The van der Waals surface area contributed by atoms with Crippen molar-refractivity contribution in [2.45, 2.75) is 32.2 Å². The van der Waals surface area contributed by atoms with Crippen LogP contribution in [0.15, 0.2) is 54.9 Å². The van der Waals surface area contributed by atoms with Crippen LogP contribution in [0.3, 0.4) is 0 Å². The molecule has 0 aliphatic carbocycles. The van der Waals surface area contributed by atoms with E-state index in [-0.39, 0.29) is 0 Å². The molecule has 8 nitrogen and oxygen atoms in total. The first kappa shape index (κ1) is 20.1. The standard InChI is InChI=1S/C24H25N7O/c1-2-16-14-26-24(27-15-16)30-11-9-20(10-12-30)31-22-8-7-19(13-21(22)28-29-31)17-3-5-18(6-4-17)23(25)32/h3-8,13-15,20H,2,9-12H2,1H3,(H2,25,32). The number of aryl methyl sites for hydroxylation is 1. The zero-order chi connectivity index (χ0) is 22.1. The summed E-state index contributed by atoms with van der Waals surface area (Å²) in [6.45, 7) is 3.89. The van der Waals surface area contributed by atoms with E-state index in [0.29, 0.717) is 11.6 Å². The van der Waals surface area contributed by atoms with Crippen molar-refractivity contribution in [3.63, 3.8) is 0 Å². The molecule has 0 unspecified atom stereocenters. The molecule has 0 spiro atoms. The maximum atomic E-state index is 11.3. The molecule has 0 saturated carbocycles. The minimum absolute atomic E-state index is 0.298. The fourth-order valence-electron chi connectivity index (χ4n) is 4.22. The maximum Gasteiger partial charge on any atom is 0.248 e. The summed E-state index contributed by atoms with van der Waals surface area (Å²) in [5, 5.41) is 8.89. The normalized spacial score (nSPS) is 14.7. The van der Waals surface area contributed by atoms with E-state index in [1.807, 2.05) is 35.3 Å². The van der Waals surface area contributed by atoms with Crippen LogP contribution in [0.25, 0.3) is 22.2 Å². The number of carbonyl (C=O) groups excluding carboxylic acids is 1. The van der Waals surface area contributed by atoms with Crippen LogP contribution in [0.2, 0.25) is 0 Å². The number of primary amides is 1. The lowest BCUT2D eigenvalue weighted by atomic mass is 10.0. The number of piperidine rings is 1. The molecule has 1 aliphatic heterocycles. The van der Waals surface area contributed by atoms with Gasteiger partial charge in [0.25, 0.3) is 0 Å². The number of nitrogens with two attached hydrogens (primary N) is 1. The largest absolute Gasteiger partial charge is 0.366 e. The van der Waals surface area contributed by atoms with Gasteiger partial charge in [0.1, 0.15) is 5.52 Å². The number of benzene rings is 2. The van der Waals surface area contributed by atoms with E-state index < -0.39 is 5.91 Å². The Morgan fingerprint density at radius 1 is 1.03 bits per heavy atom. The third-order valence-corrected chi connectivity index (χ3v) is 6.17. The Morgan fingerprint density at radius 2 is 1.72 bits per heavy atom. The van der Waals surface area contributed by atoms with Crippen LogP contribution in [-0.4, -0.2) is 44.0 Å². The van der Waals surface area contributed by atoms with E-state index in [1.54, 1.807) is 12.1 Å². The quantitative estimate of drug-likeness (QED) is 0.524. The fraction of sp³-hybridized carbons (Fsp3) is 0.292. The highest BCUT2D eigenvalue weighted by Gasteiger charge is 2.24. The predicted octanol–water partition coefficient (Wildman–Crippen LogP) is 3.39. The second-order valence-corrected chi connectivity index (χ2v) is 8.14. The maximum absolute atomic E-state index is 11.3. The molecule has 1 fully saturated rings.